The van der Waals surface area contributed by atoms with Crippen molar-refractivity contribution in [1.29, 1.82) is 0 Å². The molecule has 0 aromatic carbocycles. The summed E-state index contributed by atoms with van der Waals surface area (Å²) in [6.45, 7) is 6.75. The van der Waals surface area contributed by atoms with E-state index in [1.807, 2.05) is 13.8 Å². The third kappa shape index (κ3) is 5.46. The maximum atomic E-state index is 5.33. The van der Waals surface area contributed by atoms with E-state index < -0.39 is 0 Å². The van der Waals surface area contributed by atoms with E-state index in [0.29, 0.717) is 44.7 Å². The monoisotopic (exact) mass is 240 g/mol. The average Bonchev–Trinajstić information content (AvgIpc) is 2.28. The largest absolute Gasteiger partial charge is 0.478 e. The molecule has 6 nitrogen and oxygen atoms in total. The van der Waals surface area contributed by atoms with Crippen LogP contribution < -0.4 is 15.8 Å². The first kappa shape index (κ1) is 13.7. The number of nitrogens with two attached hydrogens (primary N) is 1. The third-order valence-electron chi connectivity index (χ3n) is 1.91. The molecule has 0 aliphatic heterocycles. The number of aryl methyl sites for hydroxylation is 1. The smallest absolute Gasteiger partial charge is 0.226 e. The Hall–Kier alpha value is -1.40. The van der Waals surface area contributed by atoms with Gasteiger partial charge in [0.2, 0.25) is 11.8 Å². The number of hydrogen-bond donors (Lipinski definition) is 2. The number of anilines is 1. The van der Waals surface area contributed by atoms with Crippen LogP contribution in [-0.4, -0.2) is 42.9 Å². The van der Waals surface area contributed by atoms with Crippen molar-refractivity contribution >= 4 is 5.95 Å². The van der Waals surface area contributed by atoms with Gasteiger partial charge in [0.15, 0.2) is 0 Å². The Balaban J connectivity index is 2.41. The number of nitrogens with zero attached hydrogens (tertiary/aromatic N) is 2. The lowest BCUT2D eigenvalue weighted by Crippen LogP contribution is -2.15. The molecule has 0 aliphatic carbocycles. The zero-order chi connectivity index (χ0) is 12.5. The minimum atomic E-state index is 0.537. The van der Waals surface area contributed by atoms with E-state index in [9.17, 15) is 0 Å². The predicted molar refractivity (Wildman–Crippen MR) is 66.3 cm³/mol. The molecule has 1 aromatic heterocycles. The Kier molecular flexibility index (Phi) is 6.27. The van der Waals surface area contributed by atoms with Crippen LogP contribution in [0.25, 0.3) is 0 Å². The van der Waals surface area contributed by atoms with E-state index in [4.69, 9.17) is 15.2 Å². The predicted octanol–water partition coefficient (Wildman–Crippen LogP) is 0.571. The normalized spacial score (nSPS) is 10.3. The molecular weight excluding hydrogens is 220 g/mol. The molecule has 0 atom stereocenters. The number of hydrogen-bond acceptors (Lipinski definition) is 6. The zero-order valence-corrected chi connectivity index (χ0v) is 10.4. The Labute approximate surface area is 102 Å². The number of ether oxygens (including phenoxy) is 2. The number of nitrogens with one attached hydrogen (secondary N) is 1. The van der Waals surface area contributed by atoms with Gasteiger partial charge in [-0.3, -0.25) is 0 Å². The Morgan fingerprint density at radius 3 is 2.88 bits per heavy atom. The summed E-state index contributed by atoms with van der Waals surface area (Å²) in [5.41, 5.74) is 6.18. The van der Waals surface area contributed by atoms with Crippen molar-refractivity contribution in [1.82, 2.24) is 9.97 Å². The second kappa shape index (κ2) is 7.81. The lowest BCUT2D eigenvalue weighted by molar-refractivity contribution is 0.151. The fourth-order valence-electron chi connectivity index (χ4n) is 1.26. The summed E-state index contributed by atoms with van der Waals surface area (Å²) in [4.78, 5) is 8.47. The molecule has 3 N–H and O–H groups in total. The van der Waals surface area contributed by atoms with E-state index in [-0.39, 0.29) is 0 Å². The van der Waals surface area contributed by atoms with Crippen molar-refractivity contribution in [2.45, 2.75) is 13.8 Å². The highest BCUT2D eigenvalue weighted by Crippen LogP contribution is 2.11. The van der Waals surface area contributed by atoms with Crippen molar-refractivity contribution < 1.29 is 9.47 Å². The molecule has 0 unspecified atom stereocenters. The van der Waals surface area contributed by atoms with E-state index >= 15 is 0 Å². The summed E-state index contributed by atoms with van der Waals surface area (Å²) >= 11 is 0. The first-order valence-electron chi connectivity index (χ1n) is 5.76. The van der Waals surface area contributed by atoms with Crippen LogP contribution in [-0.2, 0) is 4.74 Å². The van der Waals surface area contributed by atoms with Crippen LogP contribution in [0, 0.1) is 6.92 Å². The standard InChI is InChI=1S/C11H20N4O2/c1-3-17-10-8-9(2)14-11(15-10)13-5-7-16-6-4-12/h8H,3-7,12H2,1-2H3,(H,13,14,15). The van der Waals surface area contributed by atoms with Crippen LogP contribution in [0.15, 0.2) is 6.07 Å². The van der Waals surface area contributed by atoms with Crippen molar-refractivity contribution in [3.8, 4) is 5.88 Å². The molecule has 1 heterocycles. The lowest BCUT2D eigenvalue weighted by Gasteiger charge is -2.08. The molecule has 0 saturated carbocycles. The van der Waals surface area contributed by atoms with Crippen LogP contribution in [0.2, 0.25) is 0 Å². The molecule has 96 valence electrons. The van der Waals surface area contributed by atoms with Crippen LogP contribution in [0.4, 0.5) is 5.95 Å². The molecule has 17 heavy (non-hydrogen) atoms. The van der Waals surface area contributed by atoms with Gasteiger partial charge in [0.1, 0.15) is 0 Å². The lowest BCUT2D eigenvalue weighted by atomic mass is 10.4. The van der Waals surface area contributed by atoms with Crippen molar-refractivity contribution in [3.05, 3.63) is 11.8 Å². The first-order valence-corrected chi connectivity index (χ1v) is 5.76. The van der Waals surface area contributed by atoms with Crippen molar-refractivity contribution in [2.24, 2.45) is 5.73 Å². The summed E-state index contributed by atoms with van der Waals surface area (Å²) in [5, 5.41) is 3.08. The summed E-state index contributed by atoms with van der Waals surface area (Å²) in [6.07, 6.45) is 0. The molecule has 0 saturated heterocycles. The maximum Gasteiger partial charge on any atom is 0.226 e. The molecular formula is C11H20N4O2. The van der Waals surface area contributed by atoms with Gasteiger partial charge >= 0.3 is 0 Å². The Bertz CT molecular complexity index is 333. The third-order valence-corrected chi connectivity index (χ3v) is 1.91. The van der Waals surface area contributed by atoms with Gasteiger partial charge in [0.05, 0.1) is 19.8 Å². The average molecular weight is 240 g/mol. The van der Waals surface area contributed by atoms with Crippen LogP contribution >= 0.6 is 0 Å². The fourth-order valence-corrected chi connectivity index (χ4v) is 1.26. The highest BCUT2D eigenvalue weighted by Gasteiger charge is 2.01. The summed E-state index contributed by atoms with van der Waals surface area (Å²) in [7, 11) is 0. The van der Waals surface area contributed by atoms with E-state index in [2.05, 4.69) is 15.3 Å². The van der Waals surface area contributed by atoms with E-state index in [0.717, 1.165) is 5.69 Å². The minimum absolute atomic E-state index is 0.537. The molecule has 0 amide bonds. The van der Waals surface area contributed by atoms with Gasteiger partial charge < -0.3 is 20.5 Å². The van der Waals surface area contributed by atoms with Gasteiger partial charge in [0, 0.05) is 24.8 Å². The maximum absolute atomic E-state index is 5.33. The molecule has 1 aromatic rings. The molecule has 0 radical (unpaired) electrons. The van der Waals surface area contributed by atoms with Crippen molar-refractivity contribution in [2.75, 3.05) is 38.2 Å². The second-order valence-corrected chi connectivity index (χ2v) is 3.43. The highest BCUT2D eigenvalue weighted by atomic mass is 16.5. The second-order valence-electron chi connectivity index (χ2n) is 3.43. The number of rotatable bonds is 8. The van der Waals surface area contributed by atoms with Gasteiger partial charge in [-0.1, -0.05) is 0 Å². The molecule has 0 spiro atoms. The highest BCUT2D eigenvalue weighted by molar-refractivity contribution is 5.30. The van der Waals surface area contributed by atoms with Gasteiger partial charge in [-0.25, -0.2) is 4.98 Å². The fraction of sp³-hybridized carbons (Fsp3) is 0.636. The van der Waals surface area contributed by atoms with E-state index in [1.54, 1.807) is 6.07 Å². The van der Waals surface area contributed by atoms with Crippen LogP contribution in [0.1, 0.15) is 12.6 Å². The Morgan fingerprint density at radius 2 is 2.18 bits per heavy atom. The topological polar surface area (TPSA) is 82.3 Å². The van der Waals surface area contributed by atoms with Gasteiger partial charge in [-0.2, -0.15) is 4.98 Å². The molecule has 6 heteroatoms. The zero-order valence-electron chi connectivity index (χ0n) is 10.4. The molecule has 0 bridgehead atoms. The quantitative estimate of drug-likeness (QED) is 0.646. The summed E-state index contributed by atoms with van der Waals surface area (Å²) in [5.74, 6) is 1.15. The van der Waals surface area contributed by atoms with E-state index in [1.165, 1.54) is 0 Å². The van der Waals surface area contributed by atoms with Crippen LogP contribution in [0.5, 0.6) is 5.88 Å². The molecule has 1 rings (SSSR count). The van der Waals surface area contributed by atoms with Crippen LogP contribution in [0.3, 0.4) is 0 Å². The SMILES string of the molecule is CCOc1cc(C)nc(NCCOCCN)n1. The van der Waals surface area contributed by atoms with Crippen molar-refractivity contribution in [3.63, 3.8) is 0 Å². The number of aromatic nitrogens is 2. The first-order chi connectivity index (χ1) is 8.26. The molecule has 0 fully saturated rings. The van der Waals surface area contributed by atoms with Gasteiger partial charge in [-0.05, 0) is 13.8 Å². The Morgan fingerprint density at radius 1 is 1.35 bits per heavy atom. The minimum Gasteiger partial charge on any atom is -0.478 e. The summed E-state index contributed by atoms with van der Waals surface area (Å²) < 4.78 is 10.6. The van der Waals surface area contributed by atoms with Gasteiger partial charge in [0.25, 0.3) is 0 Å². The molecule has 0 aliphatic rings. The summed E-state index contributed by atoms with van der Waals surface area (Å²) in [6, 6.07) is 1.81. The van der Waals surface area contributed by atoms with Gasteiger partial charge in [-0.15, -0.1) is 0 Å².